The van der Waals surface area contributed by atoms with Gasteiger partial charge in [0.1, 0.15) is 17.2 Å². The molecule has 1 aliphatic rings. The molecule has 6 rings (SSSR count). The average molecular weight is 484 g/mol. The highest BCUT2D eigenvalue weighted by atomic mass is 19.1. The van der Waals surface area contributed by atoms with Gasteiger partial charge in [0, 0.05) is 25.7 Å². The molecule has 1 saturated heterocycles. The van der Waals surface area contributed by atoms with Gasteiger partial charge in [-0.2, -0.15) is 0 Å². The molecule has 4 heterocycles. The van der Waals surface area contributed by atoms with Crippen LogP contribution in [0.15, 0.2) is 66.9 Å². The molecule has 0 bridgehead atoms. The summed E-state index contributed by atoms with van der Waals surface area (Å²) < 4.78 is 15.6. The van der Waals surface area contributed by atoms with Crippen LogP contribution in [0.2, 0.25) is 0 Å². The van der Waals surface area contributed by atoms with Crippen LogP contribution in [0.1, 0.15) is 24.2 Å². The van der Waals surface area contributed by atoms with Gasteiger partial charge in [-0.25, -0.2) is 19.3 Å². The van der Waals surface area contributed by atoms with Crippen molar-refractivity contribution < 1.29 is 4.39 Å². The van der Waals surface area contributed by atoms with E-state index in [1.807, 2.05) is 54.7 Å². The number of halogens is 1. The largest absolute Gasteiger partial charge is 0.355 e. The third-order valence-corrected chi connectivity index (χ3v) is 7.13. The second-order valence-electron chi connectivity index (χ2n) is 9.61. The van der Waals surface area contributed by atoms with Crippen molar-refractivity contribution in [3.05, 3.63) is 84.1 Å². The SMILES string of the molecule is Fc1ccc(Cn2c(CC3CCN(CCNc4nc5ccccc5[nH]4)CC3)nc3cccnc32)cc1. The summed E-state index contributed by atoms with van der Waals surface area (Å²) in [5.41, 5.74) is 4.91. The highest BCUT2D eigenvalue weighted by Gasteiger charge is 2.22. The molecule has 2 aromatic carbocycles. The molecule has 2 N–H and O–H groups in total. The number of para-hydroxylation sites is 2. The smallest absolute Gasteiger partial charge is 0.201 e. The van der Waals surface area contributed by atoms with E-state index in [-0.39, 0.29) is 5.82 Å². The number of fused-ring (bicyclic) bond motifs is 2. The van der Waals surface area contributed by atoms with E-state index in [9.17, 15) is 4.39 Å². The Kier molecular flexibility index (Phi) is 6.34. The minimum absolute atomic E-state index is 0.216. The predicted molar refractivity (Wildman–Crippen MR) is 140 cm³/mol. The summed E-state index contributed by atoms with van der Waals surface area (Å²) in [5, 5.41) is 3.43. The van der Waals surface area contributed by atoms with Gasteiger partial charge in [-0.3, -0.25) is 0 Å². The van der Waals surface area contributed by atoms with Gasteiger partial charge in [-0.1, -0.05) is 24.3 Å². The average Bonchev–Trinajstić information content (AvgIpc) is 3.47. The Morgan fingerprint density at radius 3 is 2.58 bits per heavy atom. The number of aromatic nitrogens is 5. The van der Waals surface area contributed by atoms with E-state index in [1.165, 1.54) is 12.1 Å². The number of hydrogen-bond donors (Lipinski definition) is 2. The van der Waals surface area contributed by atoms with Gasteiger partial charge in [0.25, 0.3) is 0 Å². The molecule has 1 fully saturated rings. The van der Waals surface area contributed by atoms with Crippen LogP contribution in [-0.2, 0) is 13.0 Å². The van der Waals surface area contributed by atoms with E-state index in [1.54, 1.807) is 0 Å². The number of hydrogen-bond acceptors (Lipinski definition) is 5. The van der Waals surface area contributed by atoms with Crippen molar-refractivity contribution in [3.63, 3.8) is 0 Å². The third kappa shape index (κ3) is 4.95. The molecule has 36 heavy (non-hydrogen) atoms. The van der Waals surface area contributed by atoms with E-state index >= 15 is 0 Å². The van der Waals surface area contributed by atoms with Crippen molar-refractivity contribution >= 4 is 28.1 Å². The topological polar surface area (TPSA) is 74.7 Å². The highest BCUT2D eigenvalue weighted by molar-refractivity contribution is 5.77. The van der Waals surface area contributed by atoms with Gasteiger partial charge in [0.2, 0.25) is 5.95 Å². The van der Waals surface area contributed by atoms with Crippen LogP contribution in [-0.4, -0.2) is 55.6 Å². The second kappa shape index (κ2) is 10.1. The number of piperidine rings is 1. The van der Waals surface area contributed by atoms with Gasteiger partial charge >= 0.3 is 0 Å². The fourth-order valence-electron chi connectivity index (χ4n) is 5.14. The third-order valence-electron chi connectivity index (χ3n) is 7.13. The zero-order valence-electron chi connectivity index (χ0n) is 20.2. The Hall–Kier alpha value is -3.78. The molecule has 0 saturated carbocycles. The lowest BCUT2D eigenvalue weighted by molar-refractivity contribution is 0.188. The summed E-state index contributed by atoms with van der Waals surface area (Å²) in [6.07, 6.45) is 5.05. The lowest BCUT2D eigenvalue weighted by Crippen LogP contribution is -2.37. The number of aromatic amines is 1. The molecule has 1 aliphatic heterocycles. The monoisotopic (exact) mass is 483 g/mol. The summed E-state index contributed by atoms with van der Waals surface area (Å²) in [4.78, 5) is 20.0. The molecule has 8 heteroatoms. The molecule has 184 valence electrons. The van der Waals surface area contributed by atoms with Crippen LogP contribution in [0.3, 0.4) is 0 Å². The lowest BCUT2D eigenvalue weighted by atomic mass is 9.93. The van der Waals surface area contributed by atoms with Crippen molar-refractivity contribution in [1.82, 2.24) is 29.4 Å². The molecule has 0 spiro atoms. The molecule has 3 aromatic heterocycles. The number of pyridine rings is 1. The molecule has 0 aliphatic carbocycles. The highest BCUT2D eigenvalue weighted by Crippen LogP contribution is 2.24. The number of likely N-dealkylation sites (tertiary alicyclic amines) is 1. The van der Waals surface area contributed by atoms with E-state index < -0.39 is 0 Å². The van der Waals surface area contributed by atoms with Crippen LogP contribution in [0.25, 0.3) is 22.2 Å². The molecule has 5 aromatic rings. The summed E-state index contributed by atoms with van der Waals surface area (Å²) in [7, 11) is 0. The van der Waals surface area contributed by atoms with E-state index in [0.29, 0.717) is 12.5 Å². The summed E-state index contributed by atoms with van der Waals surface area (Å²) >= 11 is 0. The van der Waals surface area contributed by atoms with Crippen LogP contribution in [0.5, 0.6) is 0 Å². The number of nitrogens with zero attached hydrogens (tertiary/aromatic N) is 5. The lowest BCUT2D eigenvalue weighted by Gasteiger charge is -2.31. The first-order valence-corrected chi connectivity index (χ1v) is 12.7. The zero-order chi connectivity index (χ0) is 24.3. The van der Waals surface area contributed by atoms with Crippen LogP contribution in [0, 0.1) is 11.7 Å². The maximum atomic E-state index is 13.4. The van der Waals surface area contributed by atoms with Gasteiger partial charge < -0.3 is 19.8 Å². The van der Waals surface area contributed by atoms with E-state index in [0.717, 1.165) is 85.0 Å². The Morgan fingerprint density at radius 1 is 0.944 bits per heavy atom. The number of imidazole rings is 2. The number of rotatable bonds is 8. The molecular formula is C28H30FN7. The second-order valence-corrected chi connectivity index (χ2v) is 9.61. The molecule has 0 unspecified atom stereocenters. The standard InChI is InChI=1S/C28H30FN7/c29-22-9-7-21(8-10-22)19-36-26(32-25-6-3-13-30-27(25)36)18-20-11-15-35(16-12-20)17-14-31-28-33-23-4-1-2-5-24(23)34-28/h1-10,13,20H,11-12,14-19H2,(H2,31,33,34). The van der Waals surface area contributed by atoms with Crippen LogP contribution in [0.4, 0.5) is 10.3 Å². The normalized spacial score (nSPS) is 15.1. The predicted octanol–water partition coefficient (Wildman–Crippen LogP) is 4.86. The molecule has 0 amide bonds. The quantitative estimate of drug-likeness (QED) is 0.330. The van der Waals surface area contributed by atoms with Crippen molar-refractivity contribution in [2.24, 2.45) is 5.92 Å². The van der Waals surface area contributed by atoms with Crippen molar-refractivity contribution in [1.29, 1.82) is 0 Å². The number of nitrogens with one attached hydrogen (secondary N) is 2. The first-order chi connectivity index (χ1) is 17.7. The molecule has 0 atom stereocenters. The summed E-state index contributed by atoms with van der Waals surface area (Å²) in [5.74, 6) is 2.28. The minimum Gasteiger partial charge on any atom is -0.355 e. The fraction of sp³-hybridized carbons (Fsp3) is 0.321. The Balaban J connectivity index is 1.05. The maximum absolute atomic E-state index is 13.4. The van der Waals surface area contributed by atoms with Gasteiger partial charge in [-0.15, -0.1) is 0 Å². The summed E-state index contributed by atoms with van der Waals surface area (Å²) in [6, 6.07) is 18.7. The summed E-state index contributed by atoms with van der Waals surface area (Å²) in [6.45, 7) is 4.68. The maximum Gasteiger partial charge on any atom is 0.201 e. The van der Waals surface area contributed by atoms with Crippen molar-refractivity contribution in [2.45, 2.75) is 25.8 Å². The van der Waals surface area contributed by atoms with E-state index in [2.05, 4.69) is 29.7 Å². The van der Waals surface area contributed by atoms with Crippen LogP contribution >= 0.6 is 0 Å². The number of H-pyrrole nitrogens is 1. The zero-order valence-corrected chi connectivity index (χ0v) is 20.2. The van der Waals surface area contributed by atoms with Gasteiger partial charge in [0.15, 0.2) is 5.65 Å². The Bertz CT molecular complexity index is 1420. The number of anilines is 1. The Labute approximate surface area is 209 Å². The van der Waals surface area contributed by atoms with Crippen LogP contribution < -0.4 is 5.32 Å². The van der Waals surface area contributed by atoms with Gasteiger partial charge in [-0.05, 0) is 73.8 Å². The first kappa shape index (κ1) is 22.7. The number of benzene rings is 2. The molecule has 0 radical (unpaired) electrons. The first-order valence-electron chi connectivity index (χ1n) is 12.7. The van der Waals surface area contributed by atoms with Gasteiger partial charge in [0.05, 0.1) is 17.6 Å². The molecule has 7 nitrogen and oxygen atoms in total. The fourth-order valence-corrected chi connectivity index (χ4v) is 5.14. The van der Waals surface area contributed by atoms with E-state index in [4.69, 9.17) is 4.98 Å². The Morgan fingerprint density at radius 2 is 1.75 bits per heavy atom. The molecular weight excluding hydrogens is 453 g/mol. The van der Waals surface area contributed by atoms with Crippen molar-refractivity contribution in [3.8, 4) is 0 Å². The minimum atomic E-state index is -0.216. The van der Waals surface area contributed by atoms with Crippen molar-refractivity contribution in [2.75, 3.05) is 31.5 Å².